The van der Waals surface area contributed by atoms with Gasteiger partial charge in [0.25, 0.3) is 0 Å². The van der Waals surface area contributed by atoms with E-state index < -0.39 is 0 Å². The smallest absolute Gasteiger partial charge is 0.234 e. The van der Waals surface area contributed by atoms with Gasteiger partial charge in [0.1, 0.15) is 11.4 Å². The molecule has 27 heavy (non-hydrogen) atoms. The molecule has 140 valence electrons. The van der Waals surface area contributed by atoms with Gasteiger partial charge in [0.15, 0.2) is 0 Å². The third-order valence-electron chi connectivity index (χ3n) is 4.13. The number of nitrogens with one attached hydrogen (secondary N) is 1. The van der Waals surface area contributed by atoms with Gasteiger partial charge in [0.2, 0.25) is 11.1 Å². The standard InChI is InChI=1S/C19H21N5O2S/c1-12-5-8-17(26-4)16(9-12)24-19(21-22-23-24)27-11-18(25)20-15-7-6-13(2)14(3)10-15/h5-10H,11H2,1-4H3,(H,20,25). The zero-order chi connectivity index (χ0) is 19.4. The second-order valence-corrected chi connectivity index (χ2v) is 7.13. The van der Waals surface area contributed by atoms with E-state index in [4.69, 9.17) is 4.74 Å². The molecule has 1 amide bonds. The maximum Gasteiger partial charge on any atom is 0.234 e. The molecule has 0 saturated heterocycles. The van der Waals surface area contributed by atoms with Crippen LogP contribution in [0.3, 0.4) is 0 Å². The molecule has 1 heterocycles. The SMILES string of the molecule is COc1ccc(C)cc1-n1nnnc1SCC(=O)Nc1ccc(C)c(C)c1. The average molecular weight is 383 g/mol. The lowest BCUT2D eigenvalue weighted by Crippen LogP contribution is -2.15. The lowest BCUT2D eigenvalue weighted by atomic mass is 10.1. The number of aryl methyl sites for hydroxylation is 3. The predicted molar refractivity (Wildman–Crippen MR) is 106 cm³/mol. The van der Waals surface area contributed by atoms with Crippen molar-refractivity contribution in [3.63, 3.8) is 0 Å². The Morgan fingerprint density at radius 2 is 1.96 bits per heavy atom. The van der Waals surface area contributed by atoms with Gasteiger partial charge in [-0.2, -0.15) is 4.68 Å². The Bertz CT molecular complexity index is 970. The van der Waals surface area contributed by atoms with Crippen LogP contribution in [-0.4, -0.2) is 39.0 Å². The summed E-state index contributed by atoms with van der Waals surface area (Å²) in [5.74, 6) is 0.741. The van der Waals surface area contributed by atoms with Gasteiger partial charge < -0.3 is 10.1 Å². The summed E-state index contributed by atoms with van der Waals surface area (Å²) in [4.78, 5) is 12.3. The largest absolute Gasteiger partial charge is 0.494 e. The van der Waals surface area contributed by atoms with E-state index in [9.17, 15) is 4.79 Å². The van der Waals surface area contributed by atoms with Crippen LogP contribution in [0, 0.1) is 20.8 Å². The van der Waals surface area contributed by atoms with E-state index in [1.807, 2.05) is 57.2 Å². The number of amides is 1. The summed E-state index contributed by atoms with van der Waals surface area (Å²) in [6.07, 6.45) is 0. The van der Waals surface area contributed by atoms with E-state index in [0.29, 0.717) is 10.9 Å². The first kappa shape index (κ1) is 18.9. The summed E-state index contributed by atoms with van der Waals surface area (Å²) in [7, 11) is 1.60. The molecular formula is C19H21N5O2S. The summed E-state index contributed by atoms with van der Waals surface area (Å²) in [5.41, 5.74) is 4.90. The lowest BCUT2D eigenvalue weighted by molar-refractivity contribution is -0.113. The lowest BCUT2D eigenvalue weighted by Gasteiger charge is -2.10. The zero-order valence-electron chi connectivity index (χ0n) is 15.7. The zero-order valence-corrected chi connectivity index (χ0v) is 16.5. The summed E-state index contributed by atoms with van der Waals surface area (Å²) in [6, 6.07) is 11.6. The van der Waals surface area contributed by atoms with Gasteiger partial charge >= 0.3 is 0 Å². The number of hydrogen-bond acceptors (Lipinski definition) is 6. The van der Waals surface area contributed by atoms with Crippen molar-refractivity contribution in [1.29, 1.82) is 0 Å². The average Bonchev–Trinajstić information content (AvgIpc) is 3.11. The maximum atomic E-state index is 12.3. The molecule has 0 spiro atoms. The predicted octanol–water partition coefficient (Wildman–Crippen LogP) is 3.33. The van der Waals surface area contributed by atoms with E-state index in [1.165, 1.54) is 17.3 Å². The summed E-state index contributed by atoms with van der Waals surface area (Å²) >= 11 is 1.27. The number of tetrazole rings is 1. The molecule has 3 rings (SSSR count). The Morgan fingerprint density at radius 3 is 2.70 bits per heavy atom. The number of nitrogens with zero attached hydrogens (tertiary/aromatic N) is 4. The molecule has 0 atom stereocenters. The highest BCUT2D eigenvalue weighted by Gasteiger charge is 2.15. The number of aromatic nitrogens is 4. The van der Waals surface area contributed by atoms with Gasteiger partial charge in [-0.25, -0.2) is 0 Å². The van der Waals surface area contributed by atoms with E-state index in [0.717, 1.165) is 22.5 Å². The second-order valence-electron chi connectivity index (χ2n) is 6.18. The van der Waals surface area contributed by atoms with Gasteiger partial charge in [-0.15, -0.1) is 5.10 Å². The Morgan fingerprint density at radius 1 is 1.15 bits per heavy atom. The number of carbonyl (C=O) groups is 1. The molecule has 0 saturated carbocycles. The van der Waals surface area contributed by atoms with Crippen molar-refractivity contribution in [1.82, 2.24) is 20.2 Å². The first-order valence-corrected chi connectivity index (χ1v) is 9.40. The molecule has 1 aromatic heterocycles. The van der Waals surface area contributed by atoms with Crippen LogP contribution in [-0.2, 0) is 4.79 Å². The van der Waals surface area contributed by atoms with Crippen molar-refractivity contribution in [3.05, 3.63) is 53.1 Å². The molecule has 7 nitrogen and oxygen atoms in total. The van der Waals surface area contributed by atoms with Crippen molar-refractivity contribution < 1.29 is 9.53 Å². The number of thioether (sulfide) groups is 1. The third-order valence-corrected chi connectivity index (χ3v) is 5.05. The van der Waals surface area contributed by atoms with Crippen LogP contribution in [0.4, 0.5) is 5.69 Å². The number of rotatable bonds is 6. The molecule has 0 radical (unpaired) electrons. The van der Waals surface area contributed by atoms with Crippen LogP contribution in [0.5, 0.6) is 5.75 Å². The maximum absolute atomic E-state index is 12.3. The number of anilines is 1. The topological polar surface area (TPSA) is 81.9 Å². The fourth-order valence-corrected chi connectivity index (χ4v) is 3.22. The van der Waals surface area contributed by atoms with Gasteiger partial charge in [-0.3, -0.25) is 4.79 Å². The summed E-state index contributed by atoms with van der Waals surface area (Å²) < 4.78 is 6.98. The van der Waals surface area contributed by atoms with Crippen LogP contribution in [0.15, 0.2) is 41.6 Å². The molecule has 0 bridgehead atoms. The number of hydrogen-bond donors (Lipinski definition) is 1. The van der Waals surface area contributed by atoms with Crippen molar-refractivity contribution in [3.8, 4) is 11.4 Å². The van der Waals surface area contributed by atoms with E-state index in [2.05, 4.69) is 20.8 Å². The number of methoxy groups -OCH3 is 1. The van der Waals surface area contributed by atoms with Crippen molar-refractivity contribution in [2.24, 2.45) is 0 Å². The first-order valence-electron chi connectivity index (χ1n) is 8.41. The monoisotopic (exact) mass is 383 g/mol. The minimum Gasteiger partial charge on any atom is -0.494 e. The highest BCUT2D eigenvalue weighted by Crippen LogP contribution is 2.27. The molecule has 1 N–H and O–H groups in total. The molecule has 2 aromatic carbocycles. The van der Waals surface area contributed by atoms with Crippen LogP contribution in [0.1, 0.15) is 16.7 Å². The Labute approximate surface area is 162 Å². The molecule has 8 heteroatoms. The molecule has 0 aliphatic carbocycles. The van der Waals surface area contributed by atoms with Crippen LogP contribution < -0.4 is 10.1 Å². The van der Waals surface area contributed by atoms with Crippen LogP contribution in [0.25, 0.3) is 5.69 Å². The van der Waals surface area contributed by atoms with Gasteiger partial charge in [0, 0.05) is 5.69 Å². The second kappa shape index (κ2) is 8.22. The first-order chi connectivity index (χ1) is 13.0. The molecule has 0 aliphatic rings. The highest BCUT2D eigenvalue weighted by atomic mass is 32.2. The Balaban J connectivity index is 1.71. The molecular weight excluding hydrogens is 362 g/mol. The quantitative estimate of drug-likeness (QED) is 0.658. The Hall–Kier alpha value is -2.87. The molecule has 0 aliphatic heterocycles. The number of benzene rings is 2. The molecule has 3 aromatic rings. The highest BCUT2D eigenvalue weighted by molar-refractivity contribution is 7.99. The minimum absolute atomic E-state index is 0.117. The minimum atomic E-state index is -0.117. The van der Waals surface area contributed by atoms with Crippen molar-refractivity contribution >= 4 is 23.4 Å². The fourth-order valence-electron chi connectivity index (χ4n) is 2.53. The van der Waals surface area contributed by atoms with E-state index in [1.54, 1.807) is 11.8 Å². The van der Waals surface area contributed by atoms with Crippen LogP contribution in [0.2, 0.25) is 0 Å². The Kier molecular flexibility index (Phi) is 5.75. The third kappa shape index (κ3) is 4.46. The number of carbonyl (C=O) groups excluding carboxylic acids is 1. The van der Waals surface area contributed by atoms with Gasteiger partial charge in [-0.1, -0.05) is 23.9 Å². The van der Waals surface area contributed by atoms with Crippen molar-refractivity contribution in [2.45, 2.75) is 25.9 Å². The molecule has 0 unspecified atom stereocenters. The number of ether oxygens (including phenoxy) is 1. The fraction of sp³-hybridized carbons (Fsp3) is 0.263. The van der Waals surface area contributed by atoms with Crippen molar-refractivity contribution in [2.75, 3.05) is 18.2 Å². The van der Waals surface area contributed by atoms with E-state index >= 15 is 0 Å². The molecule has 0 fully saturated rings. The van der Waals surface area contributed by atoms with E-state index in [-0.39, 0.29) is 11.7 Å². The summed E-state index contributed by atoms with van der Waals surface area (Å²) in [6.45, 7) is 6.04. The summed E-state index contributed by atoms with van der Waals surface area (Å²) in [5, 5.41) is 15.2. The normalized spacial score (nSPS) is 10.7. The van der Waals surface area contributed by atoms with Crippen LogP contribution >= 0.6 is 11.8 Å². The van der Waals surface area contributed by atoms with Gasteiger partial charge in [0.05, 0.1) is 12.9 Å². The van der Waals surface area contributed by atoms with Gasteiger partial charge in [-0.05, 0) is 72.2 Å².